The molecule has 0 bridgehead atoms. The van der Waals surface area contributed by atoms with Gasteiger partial charge in [0.25, 0.3) is 0 Å². The fourth-order valence-corrected chi connectivity index (χ4v) is 3.13. The maximum atomic E-state index is 12.5. The minimum Gasteiger partial charge on any atom is -0.493 e. The van der Waals surface area contributed by atoms with Crippen molar-refractivity contribution in [2.45, 2.75) is 39.3 Å². The van der Waals surface area contributed by atoms with E-state index in [1.165, 1.54) is 0 Å². The molecule has 1 aliphatic heterocycles. The largest absolute Gasteiger partial charge is 0.493 e. The van der Waals surface area contributed by atoms with E-state index in [0.29, 0.717) is 29.7 Å². The Morgan fingerprint density at radius 3 is 2.94 bits per heavy atom. The molecular weight excluding hydrogens is 396 g/mol. The Morgan fingerprint density at radius 2 is 2.19 bits per heavy atom. The third-order valence-corrected chi connectivity index (χ3v) is 4.69. The van der Waals surface area contributed by atoms with Crippen molar-refractivity contribution in [3.8, 4) is 11.5 Å². The summed E-state index contributed by atoms with van der Waals surface area (Å²) in [6, 6.07) is 9.03. The number of carbonyl (C=O) groups excluding carboxylic acids is 1. The van der Waals surface area contributed by atoms with Gasteiger partial charge in [0.15, 0.2) is 17.7 Å². The first-order chi connectivity index (χ1) is 15.0. The van der Waals surface area contributed by atoms with E-state index in [-0.39, 0.29) is 0 Å². The molecule has 166 valence electrons. The normalized spacial score (nSPS) is 16.4. The number of pyridine rings is 1. The second kappa shape index (κ2) is 11.2. The molecule has 1 fully saturated rings. The van der Waals surface area contributed by atoms with Crippen LogP contribution in [0.5, 0.6) is 11.5 Å². The van der Waals surface area contributed by atoms with E-state index in [9.17, 15) is 4.79 Å². The number of ether oxygens (including phenoxy) is 3. The van der Waals surface area contributed by atoms with Gasteiger partial charge < -0.3 is 14.2 Å². The highest BCUT2D eigenvalue weighted by molar-refractivity contribution is 5.85. The van der Waals surface area contributed by atoms with Crippen LogP contribution in [0.1, 0.15) is 38.7 Å². The van der Waals surface area contributed by atoms with Crippen LogP contribution in [0.2, 0.25) is 0 Å². The van der Waals surface area contributed by atoms with Gasteiger partial charge >= 0.3 is 6.09 Å². The lowest BCUT2D eigenvalue weighted by Crippen LogP contribution is -2.40. The van der Waals surface area contributed by atoms with E-state index >= 15 is 0 Å². The fraction of sp³-hybridized carbons (Fsp3) is 0.435. The summed E-state index contributed by atoms with van der Waals surface area (Å²) in [6.07, 6.45) is 6.93. The minimum absolute atomic E-state index is 0.371. The van der Waals surface area contributed by atoms with E-state index in [2.05, 4.69) is 29.2 Å². The van der Waals surface area contributed by atoms with Crippen LogP contribution in [0, 0.1) is 5.92 Å². The van der Waals surface area contributed by atoms with Crippen molar-refractivity contribution in [3.63, 3.8) is 0 Å². The highest BCUT2D eigenvalue weighted by atomic mass is 16.6. The summed E-state index contributed by atoms with van der Waals surface area (Å²) >= 11 is 0. The van der Waals surface area contributed by atoms with Crippen LogP contribution in [0.15, 0.2) is 47.8 Å². The molecule has 1 aliphatic rings. The number of anilines is 1. The van der Waals surface area contributed by atoms with Gasteiger partial charge in [-0.3, -0.25) is 15.3 Å². The van der Waals surface area contributed by atoms with Gasteiger partial charge in [-0.05, 0) is 37.0 Å². The van der Waals surface area contributed by atoms with Gasteiger partial charge in [-0.15, -0.1) is 0 Å². The zero-order valence-electron chi connectivity index (χ0n) is 18.3. The average Bonchev–Trinajstić information content (AvgIpc) is 2.78. The van der Waals surface area contributed by atoms with Crippen molar-refractivity contribution in [1.82, 2.24) is 9.99 Å². The molecule has 0 aliphatic carbocycles. The number of rotatable bonds is 8. The smallest absolute Gasteiger partial charge is 0.413 e. The molecule has 8 heteroatoms. The van der Waals surface area contributed by atoms with Crippen molar-refractivity contribution >= 4 is 18.0 Å². The molecule has 1 aromatic heterocycles. The van der Waals surface area contributed by atoms with Crippen molar-refractivity contribution in [1.29, 1.82) is 0 Å². The Bertz CT molecular complexity index is 873. The summed E-state index contributed by atoms with van der Waals surface area (Å²) in [4.78, 5) is 16.6. The van der Waals surface area contributed by atoms with Crippen LogP contribution in [-0.2, 0) is 4.74 Å². The van der Waals surface area contributed by atoms with E-state index in [0.717, 1.165) is 31.4 Å². The van der Waals surface area contributed by atoms with Crippen LogP contribution >= 0.6 is 0 Å². The second-order valence-corrected chi connectivity index (χ2v) is 7.75. The number of nitrogens with zero attached hydrogens (tertiary/aromatic N) is 3. The Balaban J connectivity index is 1.62. The first kappa shape index (κ1) is 22.4. The second-order valence-electron chi connectivity index (χ2n) is 7.75. The minimum atomic E-state index is -0.534. The molecule has 1 atom stereocenters. The van der Waals surface area contributed by atoms with Gasteiger partial charge in [-0.25, -0.2) is 4.79 Å². The SMILES string of the molecule is COc1ccc(NC(=O)OC2CCCCN2N=Cc2cccnc2)cc1OCC(C)C. The maximum Gasteiger partial charge on any atom is 0.413 e. The number of nitrogens with one attached hydrogen (secondary N) is 1. The zero-order chi connectivity index (χ0) is 22.1. The van der Waals surface area contributed by atoms with Crippen molar-refractivity contribution < 1.29 is 19.0 Å². The lowest BCUT2D eigenvalue weighted by molar-refractivity contribution is -0.0297. The molecule has 1 aromatic carbocycles. The summed E-state index contributed by atoms with van der Waals surface area (Å²) < 4.78 is 16.8. The van der Waals surface area contributed by atoms with E-state index in [4.69, 9.17) is 14.2 Å². The summed E-state index contributed by atoms with van der Waals surface area (Å²) in [5.41, 5.74) is 1.47. The van der Waals surface area contributed by atoms with Crippen LogP contribution in [0.3, 0.4) is 0 Å². The quantitative estimate of drug-likeness (QED) is 0.625. The summed E-state index contributed by atoms with van der Waals surface area (Å²) in [5, 5.41) is 9.08. The maximum absolute atomic E-state index is 12.5. The van der Waals surface area contributed by atoms with Gasteiger partial charge in [-0.2, -0.15) is 5.10 Å². The summed E-state index contributed by atoms with van der Waals surface area (Å²) in [6.45, 7) is 5.41. The number of hydrogen-bond donors (Lipinski definition) is 1. The number of amides is 1. The molecule has 1 N–H and O–H groups in total. The highest BCUT2D eigenvalue weighted by Crippen LogP contribution is 2.31. The molecule has 1 amide bonds. The first-order valence-electron chi connectivity index (χ1n) is 10.5. The molecule has 0 spiro atoms. The predicted octanol–water partition coefficient (Wildman–Crippen LogP) is 4.52. The van der Waals surface area contributed by atoms with Crippen molar-refractivity contribution in [2.24, 2.45) is 11.0 Å². The number of benzene rings is 1. The van der Waals surface area contributed by atoms with Crippen LogP contribution in [-0.4, -0.2) is 48.8 Å². The Hall–Kier alpha value is -3.29. The molecule has 0 saturated carbocycles. The van der Waals surface area contributed by atoms with E-state index in [1.54, 1.807) is 48.9 Å². The number of aromatic nitrogens is 1. The van der Waals surface area contributed by atoms with E-state index in [1.807, 2.05) is 12.1 Å². The van der Waals surface area contributed by atoms with Crippen molar-refractivity contribution in [3.05, 3.63) is 48.3 Å². The highest BCUT2D eigenvalue weighted by Gasteiger charge is 2.24. The lowest BCUT2D eigenvalue weighted by Gasteiger charge is -2.32. The Labute approximate surface area is 183 Å². The van der Waals surface area contributed by atoms with Crippen LogP contribution < -0.4 is 14.8 Å². The number of piperidine rings is 1. The van der Waals surface area contributed by atoms with Gasteiger partial charge in [0.2, 0.25) is 0 Å². The Kier molecular flexibility index (Phi) is 8.09. The summed E-state index contributed by atoms with van der Waals surface area (Å²) in [7, 11) is 1.59. The van der Waals surface area contributed by atoms with Crippen molar-refractivity contribution in [2.75, 3.05) is 25.6 Å². The monoisotopic (exact) mass is 426 g/mol. The standard InChI is InChI=1S/C23H30N4O4/c1-17(2)16-30-21-13-19(9-10-20(21)29-3)26-23(28)31-22-8-4-5-12-27(22)25-15-18-7-6-11-24-14-18/h6-7,9-11,13-15,17,22H,4-5,8,12,16H2,1-3H3,(H,26,28). The van der Waals surface area contributed by atoms with E-state index < -0.39 is 12.3 Å². The Morgan fingerprint density at radius 1 is 1.32 bits per heavy atom. The van der Waals surface area contributed by atoms with Gasteiger partial charge in [0.1, 0.15) is 0 Å². The molecule has 1 saturated heterocycles. The average molecular weight is 427 g/mol. The predicted molar refractivity (Wildman–Crippen MR) is 120 cm³/mol. The zero-order valence-corrected chi connectivity index (χ0v) is 18.3. The lowest BCUT2D eigenvalue weighted by atomic mass is 10.1. The molecule has 2 heterocycles. The van der Waals surface area contributed by atoms with Crippen LogP contribution in [0.4, 0.5) is 10.5 Å². The molecule has 0 radical (unpaired) electrons. The van der Waals surface area contributed by atoms with Gasteiger partial charge in [0, 0.05) is 42.7 Å². The number of hydrogen-bond acceptors (Lipinski definition) is 7. The summed E-state index contributed by atoms with van der Waals surface area (Å²) in [5.74, 6) is 1.56. The number of hydrazone groups is 1. The topological polar surface area (TPSA) is 85.3 Å². The van der Waals surface area contributed by atoms with Crippen LogP contribution in [0.25, 0.3) is 0 Å². The van der Waals surface area contributed by atoms with Gasteiger partial charge in [0.05, 0.1) is 19.9 Å². The molecule has 8 nitrogen and oxygen atoms in total. The molecular formula is C23H30N4O4. The molecule has 1 unspecified atom stereocenters. The first-order valence-corrected chi connectivity index (χ1v) is 10.5. The fourth-order valence-electron chi connectivity index (χ4n) is 3.13. The number of carbonyl (C=O) groups is 1. The van der Waals surface area contributed by atoms with Gasteiger partial charge in [-0.1, -0.05) is 19.9 Å². The third-order valence-electron chi connectivity index (χ3n) is 4.69. The molecule has 31 heavy (non-hydrogen) atoms. The molecule has 2 aromatic rings. The third kappa shape index (κ3) is 6.87. The molecule has 3 rings (SSSR count). The number of methoxy groups -OCH3 is 1.